The minimum absolute atomic E-state index is 0.173. The Bertz CT molecular complexity index is 745. The van der Waals surface area contributed by atoms with Crippen LogP contribution in [-0.2, 0) is 11.0 Å². The fourth-order valence-corrected chi connectivity index (χ4v) is 1.71. The van der Waals surface area contributed by atoms with Gasteiger partial charge in [0.2, 0.25) is 0 Å². The molecule has 0 aliphatic rings. The zero-order valence-corrected chi connectivity index (χ0v) is 12.2. The van der Waals surface area contributed by atoms with E-state index in [2.05, 4.69) is 10.5 Å². The van der Waals surface area contributed by atoms with Crippen LogP contribution in [0.15, 0.2) is 53.6 Å². The maximum Gasteiger partial charge on any atom is 0.416 e. The first-order valence-electron chi connectivity index (χ1n) is 6.72. The van der Waals surface area contributed by atoms with E-state index in [9.17, 15) is 22.4 Å². The highest BCUT2D eigenvalue weighted by Gasteiger charge is 2.30. The van der Waals surface area contributed by atoms with Gasteiger partial charge in [0.1, 0.15) is 11.6 Å². The van der Waals surface area contributed by atoms with Crippen LogP contribution in [0.3, 0.4) is 0 Å². The molecular formula is C16H12F4N2O2. The number of nitrogens with one attached hydrogen (secondary N) is 1. The van der Waals surface area contributed by atoms with Crippen molar-refractivity contribution in [3.05, 3.63) is 65.5 Å². The maximum atomic E-state index is 12.9. The Morgan fingerprint density at radius 3 is 2.62 bits per heavy atom. The summed E-state index contributed by atoms with van der Waals surface area (Å²) in [6.07, 6.45) is -3.37. The van der Waals surface area contributed by atoms with Crippen molar-refractivity contribution in [3.8, 4) is 5.75 Å². The van der Waals surface area contributed by atoms with Crippen LogP contribution in [0.1, 0.15) is 11.1 Å². The summed E-state index contributed by atoms with van der Waals surface area (Å²) >= 11 is 0. The van der Waals surface area contributed by atoms with E-state index in [-0.39, 0.29) is 11.3 Å². The highest BCUT2D eigenvalue weighted by Crippen LogP contribution is 2.29. The second-order valence-corrected chi connectivity index (χ2v) is 4.66. The summed E-state index contributed by atoms with van der Waals surface area (Å²) in [6, 6.07) is 9.72. The third-order valence-corrected chi connectivity index (χ3v) is 2.78. The summed E-state index contributed by atoms with van der Waals surface area (Å²) in [7, 11) is 0. The molecule has 0 saturated heterocycles. The van der Waals surface area contributed by atoms with Crippen molar-refractivity contribution in [2.75, 3.05) is 6.61 Å². The zero-order chi connectivity index (χ0) is 17.6. The summed E-state index contributed by atoms with van der Waals surface area (Å²) in [5.41, 5.74) is 1.47. The molecule has 2 rings (SSSR count). The topological polar surface area (TPSA) is 50.7 Å². The van der Waals surface area contributed by atoms with E-state index in [0.29, 0.717) is 0 Å². The first-order valence-corrected chi connectivity index (χ1v) is 6.72. The smallest absolute Gasteiger partial charge is 0.416 e. The van der Waals surface area contributed by atoms with Crippen molar-refractivity contribution in [3.63, 3.8) is 0 Å². The molecule has 0 spiro atoms. The van der Waals surface area contributed by atoms with Gasteiger partial charge < -0.3 is 4.74 Å². The number of nitrogens with zero attached hydrogens (tertiary/aromatic N) is 1. The highest BCUT2D eigenvalue weighted by molar-refractivity contribution is 5.83. The summed E-state index contributed by atoms with van der Waals surface area (Å²) in [5.74, 6) is -0.968. The van der Waals surface area contributed by atoms with Gasteiger partial charge in [0.05, 0.1) is 11.8 Å². The second kappa shape index (κ2) is 7.58. The number of halogens is 4. The fourth-order valence-electron chi connectivity index (χ4n) is 1.71. The molecule has 0 fully saturated rings. The van der Waals surface area contributed by atoms with Gasteiger partial charge in [-0.3, -0.25) is 4.79 Å². The zero-order valence-electron chi connectivity index (χ0n) is 12.2. The largest absolute Gasteiger partial charge is 0.484 e. The number of ether oxygens (including phenoxy) is 1. The summed E-state index contributed by atoms with van der Waals surface area (Å²) in [5, 5.41) is 3.55. The van der Waals surface area contributed by atoms with Crippen LogP contribution in [0, 0.1) is 5.82 Å². The average Bonchev–Trinajstić information content (AvgIpc) is 2.52. The van der Waals surface area contributed by atoms with E-state index in [1.807, 2.05) is 0 Å². The first-order chi connectivity index (χ1) is 11.3. The number of carbonyl (C=O) groups is 1. The van der Waals surface area contributed by atoms with Crippen LogP contribution < -0.4 is 10.2 Å². The lowest BCUT2D eigenvalue weighted by molar-refractivity contribution is -0.137. The van der Waals surface area contributed by atoms with Gasteiger partial charge in [0.15, 0.2) is 6.61 Å². The van der Waals surface area contributed by atoms with Crippen LogP contribution in [0.4, 0.5) is 17.6 Å². The quantitative estimate of drug-likeness (QED) is 0.515. The Morgan fingerprint density at radius 2 is 1.92 bits per heavy atom. The number of amides is 1. The molecule has 0 bridgehead atoms. The van der Waals surface area contributed by atoms with Crippen LogP contribution in [0.5, 0.6) is 5.75 Å². The first kappa shape index (κ1) is 17.5. The molecule has 2 aromatic rings. The number of benzene rings is 2. The van der Waals surface area contributed by atoms with Gasteiger partial charge in [-0.2, -0.15) is 18.3 Å². The Balaban J connectivity index is 1.86. The molecule has 0 radical (unpaired) electrons. The van der Waals surface area contributed by atoms with Crippen LogP contribution in [0.25, 0.3) is 0 Å². The van der Waals surface area contributed by atoms with E-state index in [0.717, 1.165) is 24.4 Å². The monoisotopic (exact) mass is 340 g/mol. The lowest BCUT2D eigenvalue weighted by Crippen LogP contribution is -2.24. The van der Waals surface area contributed by atoms with Crippen LogP contribution in [0.2, 0.25) is 0 Å². The standard InChI is InChI=1S/C16H12F4N2O2/c17-13-5-2-6-14(8-13)24-10-15(23)22-21-9-11-3-1-4-12(7-11)16(18,19)20/h1-9H,10H2,(H,22,23)/b21-9-. The van der Waals surface area contributed by atoms with Gasteiger partial charge in [0.25, 0.3) is 5.91 Å². The normalized spacial score (nSPS) is 11.5. The Labute approximate surface area is 134 Å². The van der Waals surface area contributed by atoms with Gasteiger partial charge in [-0.05, 0) is 29.8 Å². The molecule has 8 heteroatoms. The maximum absolute atomic E-state index is 12.9. The molecule has 0 aliphatic heterocycles. The van der Waals surface area contributed by atoms with E-state index >= 15 is 0 Å². The molecule has 1 amide bonds. The van der Waals surface area contributed by atoms with Gasteiger partial charge in [-0.15, -0.1) is 0 Å². The van der Waals surface area contributed by atoms with Crippen molar-refractivity contribution in [1.82, 2.24) is 5.43 Å². The fraction of sp³-hybridized carbons (Fsp3) is 0.125. The minimum Gasteiger partial charge on any atom is -0.484 e. The van der Waals surface area contributed by atoms with Gasteiger partial charge in [-0.1, -0.05) is 18.2 Å². The predicted octanol–water partition coefficient (Wildman–Crippen LogP) is 3.37. The molecular weight excluding hydrogens is 328 g/mol. The molecule has 0 heterocycles. The van der Waals surface area contributed by atoms with Crippen molar-refractivity contribution in [1.29, 1.82) is 0 Å². The SMILES string of the molecule is O=C(COc1cccc(F)c1)N/N=C\c1cccc(C(F)(F)F)c1. The third-order valence-electron chi connectivity index (χ3n) is 2.78. The Hall–Kier alpha value is -2.90. The number of alkyl halides is 3. The number of carbonyl (C=O) groups excluding carboxylic acids is 1. The molecule has 2 aromatic carbocycles. The molecule has 4 nitrogen and oxygen atoms in total. The summed E-state index contributed by atoms with van der Waals surface area (Å²) in [4.78, 5) is 11.5. The van der Waals surface area contributed by atoms with Crippen molar-refractivity contribution in [2.24, 2.45) is 5.10 Å². The number of hydrogen-bond donors (Lipinski definition) is 1. The third kappa shape index (κ3) is 5.38. The van der Waals surface area contributed by atoms with E-state index in [1.54, 1.807) is 0 Å². The Kier molecular flexibility index (Phi) is 5.51. The van der Waals surface area contributed by atoms with Crippen LogP contribution in [-0.4, -0.2) is 18.7 Å². The Morgan fingerprint density at radius 1 is 1.17 bits per heavy atom. The predicted molar refractivity (Wildman–Crippen MR) is 79.1 cm³/mol. The van der Waals surface area contributed by atoms with Crippen molar-refractivity contribution >= 4 is 12.1 Å². The summed E-state index contributed by atoms with van der Waals surface area (Å²) in [6.45, 7) is -0.413. The molecule has 0 saturated carbocycles. The lowest BCUT2D eigenvalue weighted by atomic mass is 10.1. The van der Waals surface area contributed by atoms with Gasteiger partial charge in [-0.25, -0.2) is 9.82 Å². The van der Waals surface area contributed by atoms with Gasteiger partial charge in [0, 0.05) is 6.07 Å². The van der Waals surface area contributed by atoms with Crippen molar-refractivity contribution < 1.29 is 27.1 Å². The molecule has 0 unspecified atom stereocenters. The molecule has 126 valence electrons. The average molecular weight is 340 g/mol. The second-order valence-electron chi connectivity index (χ2n) is 4.66. The van der Waals surface area contributed by atoms with Gasteiger partial charge >= 0.3 is 6.18 Å². The number of rotatable bonds is 5. The van der Waals surface area contributed by atoms with E-state index < -0.39 is 30.1 Å². The summed E-state index contributed by atoms with van der Waals surface area (Å²) < 4.78 is 55.6. The molecule has 0 aromatic heterocycles. The lowest BCUT2D eigenvalue weighted by Gasteiger charge is -2.06. The molecule has 1 N–H and O–H groups in total. The molecule has 0 aliphatic carbocycles. The number of hydrogen-bond acceptors (Lipinski definition) is 3. The van der Waals surface area contributed by atoms with E-state index in [1.165, 1.54) is 30.3 Å². The highest BCUT2D eigenvalue weighted by atomic mass is 19.4. The minimum atomic E-state index is -4.45. The number of hydrazone groups is 1. The van der Waals surface area contributed by atoms with Crippen molar-refractivity contribution in [2.45, 2.75) is 6.18 Å². The van der Waals surface area contributed by atoms with Crippen LogP contribution >= 0.6 is 0 Å². The van der Waals surface area contributed by atoms with E-state index in [4.69, 9.17) is 4.74 Å². The molecule has 24 heavy (non-hydrogen) atoms. The molecule has 0 atom stereocenters.